The summed E-state index contributed by atoms with van der Waals surface area (Å²) >= 11 is 1.34. The number of pyridine rings is 1. The first-order valence-corrected chi connectivity index (χ1v) is 11.2. The number of carbonyl (C=O) groups is 1. The van der Waals surface area contributed by atoms with Gasteiger partial charge >= 0.3 is 0 Å². The van der Waals surface area contributed by atoms with Gasteiger partial charge in [0.25, 0.3) is 0 Å². The Morgan fingerprint density at radius 3 is 2.62 bits per heavy atom. The Bertz CT molecular complexity index is 1170. The van der Waals surface area contributed by atoms with Gasteiger partial charge in [-0.15, -0.1) is 10.2 Å². The summed E-state index contributed by atoms with van der Waals surface area (Å²) < 4.78 is 7.60. The van der Waals surface area contributed by atoms with Crippen LogP contribution in [0.5, 0.6) is 5.75 Å². The molecule has 0 saturated heterocycles. The minimum Gasteiger partial charge on any atom is -0.492 e. The molecule has 4 aromatic rings. The molecule has 0 unspecified atom stereocenters. The quantitative estimate of drug-likeness (QED) is 0.382. The Kier molecular flexibility index (Phi) is 7.14. The van der Waals surface area contributed by atoms with Crippen molar-refractivity contribution in [1.82, 2.24) is 19.7 Å². The van der Waals surface area contributed by atoms with E-state index in [1.807, 2.05) is 66.1 Å². The number of rotatable bonds is 9. The van der Waals surface area contributed by atoms with Crippen LogP contribution in [-0.2, 0) is 11.3 Å². The maximum atomic E-state index is 12.6. The molecule has 0 radical (unpaired) electrons. The summed E-state index contributed by atoms with van der Waals surface area (Å²) in [6, 6.07) is 21.3. The van der Waals surface area contributed by atoms with Crippen LogP contribution in [-0.4, -0.2) is 38.0 Å². The second-order valence-corrected chi connectivity index (χ2v) is 7.83. The van der Waals surface area contributed by atoms with E-state index in [2.05, 4.69) is 32.6 Å². The number of aromatic nitrogens is 4. The number of carbonyl (C=O) groups excluding carboxylic acids is 1. The van der Waals surface area contributed by atoms with Gasteiger partial charge < -0.3 is 10.1 Å². The first-order valence-electron chi connectivity index (χ1n) is 10.3. The number of amides is 1. The van der Waals surface area contributed by atoms with Gasteiger partial charge in [-0.3, -0.25) is 14.3 Å². The van der Waals surface area contributed by atoms with Gasteiger partial charge in [-0.25, -0.2) is 0 Å². The lowest BCUT2D eigenvalue weighted by atomic mass is 10.2. The van der Waals surface area contributed by atoms with Crippen LogP contribution < -0.4 is 10.1 Å². The summed E-state index contributed by atoms with van der Waals surface area (Å²) in [5.74, 6) is 1.42. The van der Waals surface area contributed by atoms with Gasteiger partial charge in [-0.1, -0.05) is 54.2 Å². The molecule has 162 valence electrons. The van der Waals surface area contributed by atoms with E-state index >= 15 is 0 Å². The van der Waals surface area contributed by atoms with Crippen molar-refractivity contribution in [3.8, 4) is 17.1 Å². The average Bonchev–Trinajstić information content (AvgIpc) is 3.23. The van der Waals surface area contributed by atoms with Crippen molar-refractivity contribution in [2.75, 3.05) is 17.7 Å². The lowest BCUT2D eigenvalue weighted by molar-refractivity contribution is -0.113. The van der Waals surface area contributed by atoms with E-state index in [9.17, 15) is 4.79 Å². The standard InChI is InChI=1S/C24H23N5O2S/c1-2-31-21-13-7-6-12-20(21)26-22(30)17-32-24-28-27-23(19-11-8-14-25-15-19)29(24)16-18-9-4-3-5-10-18/h3-15H,2,16-17H2,1H3,(H,26,30). The molecule has 1 N–H and O–H groups in total. The summed E-state index contributed by atoms with van der Waals surface area (Å²) in [5, 5.41) is 12.3. The molecule has 0 fully saturated rings. The van der Waals surface area contributed by atoms with Crippen molar-refractivity contribution in [2.45, 2.75) is 18.6 Å². The van der Waals surface area contributed by atoms with Crippen LogP contribution in [0.2, 0.25) is 0 Å². The van der Waals surface area contributed by atoms with E-state index in [1.165, 1.54) is 11.8 Å². The Morgan fingerprint density at radius 2 is 1.84 bits per heavy atom. The van der Waals surface area contributed by atoms with Crippen LogP contribution in [0.1, 0.15) is 12.5 Å². The Labute approximate surface area is 190 Å². The highest BCUT2D eigenvalue weighted by atomic mass is 32.2. The van der Waals surface area contributed by atoms with Crippen molar-refractivity contribution in [1.29, 1.82) is 0 Å². The van der Waals surface area contributed by atoms with E-state index in [-0.39, 0.29) is 11.7 Å². The van der Waals surface area contributed by atoms with Gasteiger partial charge in [0.1, 0.15) is 5.75 Å². The summed E-state index contributed by atoms with van der Waals surface area (Å²) in [6.45, 7) is 3.03. The lowest BCUT2D eigenvalue weighted by Gasteiger charge is -2.12. The number of benzene rings is 2. The molecule has 1 amide bonds. The molecular weight excluding hydrogens is 422 g/mol. The van der Waals surface area contributed by atoms with Crippen LogP contribution in [0.15, 0.2) is 84.3 Å². The van der Waals surface area contributed by atoms with Crippen molar-refractivity contribution >= 4 is 23.4 Å². The van der Waals surface area contributed by atoms with E-state index in [0.29, 0.717) is 35.6 Å². The molecule has 0 aliphatic rings. The zero-order chi connectivity index (χ0) is 22.2. The lowest BCUT2D eigenvalue weighted by Crippen LogP contribution is -2.15. The van der Waals surface area contributed by atoms with E-state index in [1.54, 1.807) is 12.4 Å². The largest absolute Gasteiger partial charge is 0.492 e. The fourth-order valence-electron chi connectivity index (χ4n) is 3.18. The van der Waals surface area contributed by atoms with Gasteiger partial charge in [-0.2, -0.15) is 0 Å². The third-order valence-electron chi connectivity index (χ3n) is 4.61. The highest BCUT2D eigenvalue weighted by Gasteiger charge is 2.17. The van der Waals surface area contributed by atoms with Gasteiger partial charge in [0, 0.05) is 18.0 Å². The molecule has 2 aromatic carbocycles. The SMILES string of the molecule is CCOc1ccccc1NC(=O)CSc1nnc(-c2cccnc2)n1Cc1ccccc1. The fraction of sp³-hybridized carbons (Fsp3) is 0.167. The molecule has 2 heterocycles. The van der Waals surface area contributed by atoms with Crippen molar-refractivity contribution < 1.29 is 9.53 Å². The van der Waals surface area contributed by atoms with Crippen molar-refractivity contribution in [3.63, 3.8) is 0 Å². The number of anilines is 1. The molecule has 0 aliphatic carbocycles. The zero-order valence-electron chi connectivity index (χ0n) is 17.6. The van der Waals surface area contributed by atoms with Crippen LogP contribution in [0.3, 0.4) is 0 Å². The zero-order valence-corrected chi connectivity index (χ0v) is 18.5. The number of nitrogens with zero attached hydrogens (tertiary/aromatic N) is 4. The first-order chi connectivity index (χ1) is 15.7. The summed E-state index contributed by atoms with van der Waals surface area (Å²) in [5.41, 5.74) is 2.65. The second kappa shape index (κ2) is 10.6. The Hall–Kier alpha value is -3.65. The predicted octanol–water partition coefficient (Wildman–Crippen LogP) is 4.52. The number of hydrogen-bond donors (Lipinski definition) is 1. The minimum absolute atomic E-state index is 0.139. The first kappa shape index (κ1) is 21.6. The number of hydrogen-bond acceptors (Lipinski definition) is 6. The Balaban J connectivity index is 1.52. The number of thioether (sulfide) groups is 1. The van der Waals surface area contributed by atoms with Crippen LogP contribution in [0, 0.1) is 0 Å². The Morgan fingerprint density at radius 1 is 1.03 bits per heavy atom. The third kappa shape index (κ3) is 5.33. The minimum atomic E-state index is -0.139. The smallest absolute Gasteiger partial charge is 0.234 e. The molecule has 7 nitrogen and oxygen atoms in total. The molecule has 0 saturated carbocycles. The van der Waals surface area contributed by atoms with E-state index in [0.717, 1.165) is 11.1 Å². The number of para-hydroxylation sites is 2. The van der Waals surface area contributed by atoms with E-state index < -0.39 is 0 Å². The predicted molar refractivity (Wildman–Crippen MR) is 126 cm³/mol. The maximum Gasteiger partial charge on any atom is 0.234 e. The average molecular weight is 446 g/mol. The monoisotopic (exact) mass is 445 g/mol. The molecular formula is C24H23N5O2S. The summed E-state index contributed by atoms with van der Waals surface area (Å²) in [4.78, 5) is 16.8. The molecule has 0 bridgehead atoms. The third-order valence-corrected chi connectivity index (χ3v) is 5.58. The molecule has 0 atom stereocenters. The fourth-order valence-corrected chi connectivity index (χ4v) is 3.92. The maximum absolute atomic E-state index is 12.6. The van der Waals surface area contributed by atoms with E-state index in [4.69, 9.17) is 4.74 Å². The second-order valence-electron chi connectivity index (χ2n) is 6.89. The molecule has 2 aromatic heterocycles. The molecule has 32 heavy (non-hydrogen) atoms. The number of nitrogens with one attached hydrogen (secondary N) is 1. The van der Waals surface area contributed by atoms with Gasteiger partial charge in [0.05, 0.1) is 24.6 Å². The van der Waals surface area contributed by atoms with Crippen LogP contribution in [0.4, 0.5) is 5.69 Å². The normalized spacial score (nSPS) is 10.7. The summed E-state index contributed by atoms with van der Waals surface area (Å²) in [7, 11) is 0. The number of ether oxygens (including phenoxy) is 1. The highest BCUT2D eigenvalue weighted by molar-refractivity contribution is 7.99. The topological polar surface area (TPSA) is 81.9 Å². The van der Waals surface area contributed by atoms with Crippen LogP contribution in [0.25, 0.3) is 11.4 Å². The molecule has 0 aliphatic heterocycles. The summed E-state index contributed by atoms with van der Waals surface area (Å²) in [6.07, 6.45) is 3.48. The van der Waals surface area contributed by atoms with Crippen LogP contribution >= 0.6 is 11.8 Å². The molecule has 8 heteroatoms. The highest BCUT2D eigenvalue weighted by Crippen LogP contribution is 2.26. The molecule has 0 spiro atoms. The van der Waals surface area contributed by atoms with Gasteiger partial charge in [0.15, 0.2) is 11.0 Å². The van der Waals surface area contributed by atoms with Crippen molar-refractivity contribution in [2.24, 2.45) is 0 Å². The van der Waals surface area contributed by atoms with Gasteiger partial charge in [0.2, 0.25) is 5.91 Å². The van der Waals surface area contributed by atoms with Gasteiger partial charge in [-0.05, 0) is 36.8 Å². The molecule has 4 rings (SSSR count). The van der Waals surface area contributed by atoms with Crippen molar-refractivity contribution in [3.05, 3.63) is 84.7 Å².